The van der Waals surface area contributed by atoms with E-state index in [-0.39, 0.29) is 11.7 Å². The van der Waals surface area contributed by atoms with Crippen LogP contribution in [0.3, 0.4) is 0 Å². The van der Waals surface area contributed by atoms with Gasteiger partial charge >= 0.3 is 0 Å². The van der Waals surface area contributed by atoms with E-state index in [1.807, 2.05) is 13.8 Å². The van der Waals surface area contributed by atoms with E-state index in [9.17, 15) is 9.59 Å². The number of rotatable bonds is 1. The Morgan fingerprint density at radius 2 is 2.09 bits per heavy atom. The van der Waals surface area contributed by atoms with E-state index < -0.39 is 5.54 Å². The Bertz CT molecular complexity index is 251. The van der Waals surface area contributed by atoms with Crippen LogP contribution in [0.2, 0.25) is 0 Å². The van der Waals surface area contributed by atoms with Crippen LogP contribution < -0.4 is 5.32 Å². The van der Waals surface area contributed by atoms with Gasteiger partial charge in [0, 0.05) is 11.6 Å². The molecule has 0 atom stereocenters. The molecule has 0 aromatic carbocycles. The first-order valence-corrected chi connectivity index (χ1v) is 3.49. The molecular weight excluding hydrogens is 142 g/mol. The van der Waals surface area contributed by atoms with Gasteiger partial charge < -0.3 is 5.32 Å². The molecule has 1 N–H and O–H groups in total. The molecule has 0 aromatic rings. The summed E-state index contributed by atoms with van der Waals surface area (Å²) in [6.07, 6.45) is 1.36. The van der Waals surface area contributed by atoms with Crippen molar-refractivity contribution in [2.24, 2.45) is 0 Å². The van der Waals surface area contributed by atoms with Gasteiger partial charge in [0.05, 0.1) is 5.54 Å². The second-order valence-electron chi connectivity index (χ2n) is 3.23. The van der Waals surface area contributed by atoms with Crippen molar-refractivity contribution in [3.05, 3.63) is 11.6 Å². The molecule has 0 radical (unpaired) electrons. The van der Waals surface area contributed by atoms with Gasteiger partial charge in [-0.3, -0.25) is 9.59 Å². The summed E-state index contributed by atoms with van der Waals surface area (Å²) < 4.78 is 0. The first-order chi connectivity index (χ1) is 4.93. The molecule has 3 nitrogen and oxygen atoms in total. The molecule has 0 fully saturated rings. The fraction of sp³-hybridized carbons (Fsp3) is 0.500. The van der Waals surface area contributed by atoms with Crippen LogP contribution in [0.5, 0.6) is 0 Å². The van der Waals surface area contributed by atoms with Crippen LogP contribution in [0.25, 0.3) is 0 Å². The highest BCUT2D eigenvalue weighted by molar-refractivity contribution is 6.06. The average Bonchev–Trinajstić information content (AvgIpc) is 2.04. The molecule has 0 unspecified atom stereocenters. The average molecular weight is 153 g/mol. The Labute approximate surface area is 65.5 Å². The summed E-state index contributed by atoms with van der Waals surface area (Å²) in [5.41, 5.74) is 0.0747. The smallest absolute Gasteiger partial charge is 0.245 e. The van der Waals surface area contributed by atoms with Crippen molar-refractivity contribution in [1.29, 1.82) is 0 Å². The second kappa shape index (κ2) is 2.19. The van der Waals surface area contributed by atoms with E-state index in [1.165, 1.54) is 13.0 Å². The minimum Gasteiger partial charge on any atom is -0.343 e. The minimum atomic E-state index is -0.483. The Morgan fingerprint density at radius 3 is 2.27 bits per heavy atom. The van der Waals surface area contributed by atoms with E-state index in [0.29, 0.717) is 5.57 Å². The molecule has 1 aliphatic heterocycles. The number of amides is 1. The Hall–Kier alpha value is -1.12. The number of carbonyl (C=O) groups excluding carboxylic acids is 2. The molecular formula is C8H11NO2. The van der Waals surface area contributed by atoms with Crippen LogP contribution in [0.15, 0.2) is 11.6 Å². The maximum absolute atomic E-state index is 10.9. The van der Waals surface area contributed by atoms with Crippen LogP contribution in [0, 0.1) is 0 Å². The van der Waals surface area contributed by atoms with Crippen molar-refractivity contribution in [2.45, 2.75) is 26.3 Å². The SMILES string of the molecule is CC(=O)C1=CC(=O)NC1(C)C. The molecule has 1 heterocycles. The van der Waals surface area contributed by atoms with Crippen molar-refractivity contribution >= 4 is 11.7 Å². The zero-order chi connectivity index (χ0) is 8.65. The van der Waals surface area contributed by atoms with Gasteiger partial charge in [-0.2, -0.15) is 0 Å². The molecule has 0 aliphatic carbocycles. The predicted octanol–water partition coefficient (Wildman–Crippen LogP) is 0.410. The monoisotopic (exact) mass is 153 g/mol. The lowest BCUT2D eigenvalue weighted by Crippen LogP contribution is -2.39. The zero-order valence-electron chi connectivity index (χ0n) is 6.89. The highest BCUT2D eigenvalue weighted by atomic mass is 16.2. The summed E-state index contributed by atoms with van der Waals surface area (Å²) in [7, 11) is 0. The summed E-state index contributed by atoms with van der Waals surface area (Å²) in [5.74, 6) is -0.228. The summed E-state index contributed by atoms with van der Waals surface area (Å²) >= 11 is 0. The molecule has 1 aliphatic rings. The summed E-state index contributed by atoms with van der Waals surface area (Å²) in [4.78, 5) is 21.8. The third kappa shape index (κ3) is 1.31. The van der Waals surface area contributed by atoms with Gasteiger partial charge in [0.25, 0.3) is 0 Å². The topological polar surface area (TPSA) is 46.2 Å². The lowest BCUT2D eigenvalue weighted by atomic mass is 9.94. The van der Waals surface area contributed by atoms with Gasteiger partial charge in [0.2, 0.25) is 5.91 Å². The Kier molecular flexibility index (Phi) is 1.59. The molecule has 11 heavy (non-hydrogen) atoms. The van der Waals surface area contributed by atoms with Gasteiger partial charge in [-0.25, -0.2) is 0 Å². The molecule has 0 spiro atoms. The van der Waals surface area contributed by atoms with E-state index >= 15 is 0 Å². The zero-order valence-corrected chi connectivity index (χ0v) is 6.89. The van der Waals surface area contributed by atoms with Crippen LogP contribution in [-0.2, 0) is 9.59 Å². The molecule has 1 rings (SSSR count). The molecule has 0 bridgehead atoms. The summed E-state index contributed by atoms with van der Waals surface area (Å²) in [5, 5.41) is 2.67. The van der Waals surface area contributed by atoms with E-state index in [2.05, 4.69) is 5.32 Å². The molecule has 0 saturated heterocycles. The number of carbonyl (C=O) groups is 2. The maximum atomic E-state index is 10.9. The second-order valence-corrected chi connectivity index (χ2v) is 3.23. The van der Waals surface area contributed by atoms with Gasteiger partial charge in [-0.15, -0.1) is 0 Å². The van der Waals surface area contributed by atoms with E-state index in [4.69, 9.17) is 0 Å². The van der Waals surface area contributed by atoms with Gasteiger partial charge in [-0.05, 0) is 20.8 Å². The Balaban J connectivity index is 3.01. The lowest BCUT2D eigenvalue weighted by molar-refractivity contribution is -0.116. The van der Waals surface area contributed by atoms with Gasteiger partial charge in [0.15, 0.2) is 5.78 Å². The number of hydrogen-bond acceptors (Lipinski definition) is 2. The summed E-state index contributed by atoms with van der Waals surface area (Å²) in [6, 6.07) is 0. The lowest BCUT2D eigenvalue weighted by Gasteiger charge is -2.20. The largest absolute Gasteiger partial charge is 0.343 e. The van der Waals surface area contributed by atoms with Crippen molar-refractivity contribution in [2.75, 3.05) is 0 Å². The fourth-order valence-electron chi connectivity index (χ4n) is 1.26. The van der Waals surface area contributed by atoms with Crippen molar-refractivity contribution in [3.63, 3.8) is 0 Å². The van der Waals surface area contributed by atoms with Crippen LogP contribution in [0.1, 0.15) is 20.8 Å². The number of Topliss-reactive ketones (excluding diaryl/α,β-unsaturated/α-hetero) is 1. The predicted molar refractivity (Wildman–Crippen MR) is 41.0 cm³/mol. The van der Waals surface area contributed by atoms with Crippen molar-refractivity contribution in [3.8, 4) is 0 Å². The standard InChI is InChI=1S/C8H11NO2/c1-5(10)6-4-7(11)9-8(6,2)3/h4H,1-3H3,(H,9,11). The number of ketones is 1. The third-order valence-corrected chi connectivity index (χ3v) is 1.76. The third-order valence-electron chi connectivity index (χ3n) is 1.76. The van der Waals surface area contributed by atoms with Crippen LogP contribution in [-0.4, -0.2) is 17.2 Å². The molecule has 1 amide bonds. The maximum Gasteiger partial charge on any atom is 0.245 e. The highest BCUT2D eigenvalue weighted by Crippen LogP contribution is 2.21. The molecule has 0 aromatic heterocycles. The highest BCUT2D eigenvalue weighted by Gasteiger charge is 2.33. The minimum absolute atomic E-state index is 0.0478. The summed E-state index contributed by atoms with van der Waals surface area (Å²) in [6.45, 7) is 5.09. The number of nitrogens with one attached hydrogen (secondary N) is 1. The van der Waals surface area contributed by atoms with Crippen molar-refractivity contribution in [1.82, 2.24) is 5.32 Å². The van der Waals surface area contributed by atoms with Crippen LogP contribution in [0.4, 0.5) is 0 Å². The number of hydrogen-bond donors (Lipinski definition) is 1. The molecule has 3 heteroatoms. The quantitative estimate of drug-likeness (QED) is 0.593. The Morgan fingerprint density at radius 1 is 1.55 bits per heavy atom. The van der Waals surface area contributed by atoms with Crippen LogP contribution >= 0.6 is 0 Å². The first kappa shape index (κ1) is 7.98. The van der Waals surface area contributed by atoms with E-state index in [1.54, 1.807) is 0 Å². The normalized spacial score (nSPS) is 21.0. The fourth-order valence-corrected chi connectivity index (χ4v) is 1.26. The van der Waals surface area contributed by atoms with Gasteiger partial charge in [0.1, 0.15) is 0 Å². The molecule has 0 saturated carbocycles. The van der Waals surface area contributed by atoms with E-state index in [0.717, 1.165) is 0 Å². The van der Waals surface area contributed by atoms with Crippen molar-refractivity contribution < 1.29 is 9.59 Å². The molecule has 60 valence electrons. The van der Waals surface area contributed by atoms with Gasteiger partial charge in [-0.1, -0.05) is 0 Å². The first-order valence-electron chi connectivity index (χ1n) is 3.49.